The quantitative estimate of drug-likeness (QED) is 0.589. The van der Waals surface area contributed by atoms with Crippen LogP contribution in [0.1, 0.15) is 10.5 Å². The van der Waals surface area contributed by atoms with Crippen molar-refractivity contribution in [1.29, 1.82) is 0 Å². The fourth-order valence-electron chi connectivity index (χ4n) is 0.860. The van der Waals surface area contributed by atoms with Gasteiger partial charge in [-0.15, -0.1) is 10.2 Å². The van der Waals surface area contributed by atoms with E-state index in [4.69, 9.17) is 5.11 Å². The van der Waals surface area contributed by atoms with Crippen LogP contribution in [0.15, 0.2) is 12.1 Å². The molecule has 0 bridgehead atoms. The lowest BCUT2D eigenvalue weighted by Gasteiger charge is -2.02. The zero-order valence-electron chi connectivity index (χ0n) is 7.82. The van der Waals surface area contributed by atoms with E-state index in [0.29, 0.717) is 12.4 Å². The maximum atomic E-state index is 11.1. The highest BCUT2D eigenvalue weighted by molar-refractivity contribution is 5.91. The summed E-state index contributed by atoms with van der Waals surface area (Å²) in [6.45, 7) is 0.437. The second kappa shape index (κ2) is 5.13. The van der Waals surface area contributed by atoms with Crippen LogP contribution in [0.2, 0.25) is 0 Å². The molecule has 1 aromatic rings. The van der Waals surface area contributed by atoms with Crippen molar-refractivity contribution in [2.45, 2.75) is 0 Å². The zero-order chi connectivity index (χ0) is 10.4. The number of rotatable bonds is 4. The molecule has 3 N–H and O–H groups in total. The largest absolute Gasteiger partial charge is 0.395 e. The third-order valence-electron chi connectivity index (χ3n) is 1.54. The van der Waals surface area contributed by atoms with Gasteiger partial charge in [0.05, 0.1) is 6.61 Å². The topological polar surface area (TPSA) is 87.1 Å². The Morgan fingerprint density at radius 1 is 1.50 bits per heavy atom. The highest BCUT2D eigenvalue weighted by atomic mass is 16.3. The molecular formula is C8H12N4O2. The first-order chi connectivity index (χ1) is 6.77. The van der Waals surface area contributed by atoms with Crippen molar-refractivity contribution < 1.29 is 9.90 Å². The molecule has 14 heavy (non-hydrogen) atoms. The summed E-state index contributed by atoms with van der Waals surface area (Å²) in [6, 6.07) is 3.19. The number of carbonyl (C=O) groups excluding carboxylic acids is 1. The van der Waals surface area contributed by atoms with E-state index in [9.17, 15) is 4.79 Å². The van der Waals surface area contributed by atoms with Gasteiger partial charge in [0, 0.05) is 13.6 Å². The highest BCUT2D eigenvalue weighted by Crippen LogP contribution is 2.00. The summed E-state index contributed by atoms with van der Waals surface area (Å²) in [5, 5.41) is 21.2. The third kappa shape index (κ3) is 2.67. The van der Waals surface area contributed by atoms with Gasteiger partial charge in [-0.1, -0.05) is 0 Å². The summed E-state index contributed by atoms with van der Waals surface area (Å²) in [4.78, 5) is 11.1. The molecule has 0 saturated heterocycles. The van der Waals surface area contributed by atoms with Crippen LogP contribution in [0, 0.1) is 0 Å². The highest BCUT2D eigenvalue weighted by Gasteiger charge is 2.04. The molecule has 76 valence electrons. The number of aliphatic hydroxyl groups excluding tert-OH is 1. The fourth-order valence-corrected chi connectivity index (χ4v) is 0.860. The second-order valence-electron chi connectivity index (χ2n) is 2.53. The zero-order valence-corrected chi connectivity index (χ0v) is 7.82. The van der Waals surface area contributed by atoms with Gasteiger partial charge in [0.1, 0.15) is 5.82 Å². The number of nitrogens with one attached hydrogen (secondary N) is 2. The van der Waals surface area contributed by atoms with Crippen LogP contribution >= 0.6 is 0 Å². The lowest BCUT2D eigenvalue weighted by Crippen LogP contribution is -2.20. The minimum atomic E-state index is -0.272. The van der Waals surface area contributed by atoms with E-state index in [2.05, 4.69) is 20.8 Å². The first kappa shape index (κ1) is 10.4. The summed E-state index contributed by atoms with van der Waals surface area (Å²) in [7, 11) is 1.53. The van der Waals surface area contributed by atoms with Gasteiger partial charge >= 0.3 is 0 Å². The van der Waals surface area contributed by atoms with Crippen LogP contribution in [0.25, 0.3) is 0 Å². The van der Waals surface area contributed by atoms with Gasteiger partial charge in [-0.2, -0.15) is 0 Å². The molecule has 0 fully saturated rings. The van der Waals surface area contributed by atoms with Gasteiger partial charge in [0.15, 0.2) is 5.69 Å². The Hall–Kier alpha value is -1.69. The molecule has 0 radical (unpaired) electrons. The minimum absolute atomic E-state index is 0.0267. The Kier molecular flexibility index (Phi) is 3.81. The van der Waals surface area contributed by atoms with Crippen molar-refractivity contribution in [2.75, 3.05) is 25.5 Å². The SMILES string of the molecule is CNC(=O)c1ccc(NCCO)nn1. The first-order valence-corrected chi connectivity index (χ1v) is 4.18. The van der Waals surface area contributed by atoms with E-state index in [1.165, 1.54) is 7.05 Å². The predicted octanol–water partition coefficient (Wildman–Crippen LogP) is -0.760. The Balaban J connectivity index is 2.63. The van der Waals surface area contributed by atoms with E-state index < -0.39 is 0 Å². The Morgan fingerprint density at radius 3 is 2.79 bits per heavy atom. The van der Waals surface area contributed by atoms with Crippen molar-refractivity contribution >= 4 is 11.7 Å². The van der Waals surface area contributed by atoms with Crippen LogP contribution in [-0.2, 0) is 0 Å². The van der Waals surface area contributed by atoms with Crippen LogP contribution in [0.4, 0.5) is 5.82 Å². The Morgan fingerprint density at radius 2 is 2.29 bits per heavy atom. The molecule has 0 aromatic carbocycles. The standard InChI is InChI=1S/C8H12N4O2/c1-9-8(14)6-2-3-7(12-11-6)10-4-5-13/h2-3,13H,4-5H2,1H3,(H,9,14)(H,10,12). The van der Waals surface area contributed by atoms with Gasteiger partial charge in [0.2, 0.25) is 0 Å². The number of hydrogen-bond acceptors (Lipinski definition) is 5. The van der Waals surface area contributed by atoms with Crippen molar-refractivity contribution in [3.8, 4) is 0 Å². The van der Waals surface area contributed by atoms with Crippen molar-refractivity contribution in [3.63, 3.8) is 0 Å². The van der Waals surface area contributed by atoms with Crippen molar-refractivity contribution in [3.05, 3.63) is 17.8 Å². The molecule has 0 spiro atoms. The van der Waals surface area contributed by atoms with E-state index in [0.717, 1.165) is 0 Å². The molecule has 0 unspecified atom stereocenters. The molecule has 0 atom stereocenters. The van der Waals surface area contributed by atoms with Crippen LogP contribution in [0.5, 0.6) is 0 Å². The number of aromatic nitrogens is 2. The van der Waals surface area contributed by atoms with Crippen LogP contribution in [-0.4, -0.2) is 41.4 Å². The summed E-state index contributed by atoms with van der Waals surface area (Å²) in [5.41, 5.74) is 0.266. The van der Waals surface area contributed by atoms with Crippen LogP contribution < -0.4 is 10.6 Å². The van der Waals surface area contributed by atoms with Gasteiger partial charge in [-0.25, -0.2) is 0 Å². The van der Waals surface area contributed by atoms with E-state index in [-0.39, 0.29) is 18.2 Å². The molecule has 1 heterocycles. The molecule has 6 nitrogen and oxygen atoms in total. The summed E-state index contributed by atoms with van der Waals surface area (Å²) in [5.74, 6) is 0.262. The predicted molar refractivity (Wildman–Crippen MR) is 51.0 cm³/mol. The third-order valence-corrected chi connectivity index (χ3v) is 1.54. The van der Waals surface area contributed by atoms with Gasteiger partial charge < -0.3 is 15.7 Å². The molecule has 0 aliphatic heterocycles. The van der Waals surface area contributed by atoms with Gasteiger partial charge in [-0.05, 0) is 12.1 Å². The van der Waals surface area contributed by atoms with E-state index >= 15 is 0 Å². The fraction of sp³-hybridized carbons (Fsp3) is 0.375. The molecule has 1 aromatic heterocycles. The number of amides is 1. The molecule has 1 amide bonds. The second-order valence-corrected chi connectivity index (χ2v) is 2.53. The lowest BCUT2D eigenvalue weighted by molar-refractivity contribution is 0.0957. The number of hydrogen-bond donors (Lipinski definition) is 3. The van der Waals surface area contributed by atoms with Crippen LogP contribution in [0.3, 0.4) is 0 Å². The van der Waals surface area contributed by atoms with E-state index in [1.54, 1.807) is 12.1 Å². The molecule has 0 saturated carbocycles. The Labute approximate surface area is 81.4 Å². The molecule has 0 aliphatic carbocycles. The van der Waals surface area contributed by atoms with E-state index in [1.807, 2.05) is 0 Å². The molecule has 0 aliphatic rings. The average Bonchev–Trinajstić information content (AvgIpc) is 2.26. The molecule has 6 heteroatoms. The number of carbonyl (C=O) groups is 1. The maximum absolute atomic E-state index is 11.1. The van der Waals surface area contributed by atoms with Gasteiger partial charge in [0.25, 0.3) is 5.91 Å². The summed E-state index contributed by atoms with van der Waals surface area (Å²) >= 11 is 0. The number of aliphatic hydroxyl groups is 1. The molecule has 1 rings (SSSR count). The van der Waals surface area contributed by atoms with Crippen molar-refractivity contribution in [2.24, 2.45) is 0 Å². The monoisotopic (exact) mass is 196 g/mol. The minimum Gasteiger partial charge on any atom is -0.395 e. The normalized spacial score (nSPS) is 9.57. The summed E-state index contributed by atoms with van der Waals surface area (Å²) in [6.07, 6.45) is 0. The lowest BCUT2D eigenvalue weighted by atomic mass is 10.3. The first-order valence-electron chi connectivity index (χ1n) is 4.18. The number of anilines is 1. The molecular weight excluding hydrogens is 184 g/mol. The van der Waals surface area contributed by atoms with Crippen molar-refractivity contribution in [1.82, 2.24) is 15.5 Å². The Bertz CT molecular complexity index is 299. The average molecular weight is 196 g/mol. The maximum Gasteiger partial charge on any atom is 0.271 e. The smallest absolute Gasteiger partial charge is 0.271 e. The van der Waals surface area contributed by atoms with Gasteiger partial charge in [-0.3, -0.25) is 4.79 Å². The summed E-state index contributed by atoms with van der Waals surface area (Å²) < 4.78 is 0. The number of nitrogens with zero attached hydrogens (tertiary/aromatic N) is 2.